The molecule has 166 valence electrons. The second-order valence-electron chi connectivity index (χ2n) is 9.25. The van der Waals surface area contributed by atoms with E-state index in [9.17, 15) is 0 Å². The van der Waals surface area contributed by atoms with E-state index in [1.807, 2.05) is 13.1 Å². The summed E-state index contributed by atoms with van der Waals surface area (Å²) >= 11 is 1.71. The maximum Gasteiger partial charge on any atom is 0.261 e. The molecular weight excluding hydrogens is 416 g/mol. The van der Waals surface area contributed by atoms with Crippen LogP contribution in [0.3, 0.4) is 0 Å². The third kappa shape index (κ3) is 5.72. The molecule has 3 rings (SSSR count). The first kappa shape index (κ1) is 23.9. The lowest BCUT2D eigenvalue weighted by molar-refractivity contribution is 0.286. The van der Waals surface area contributed by atoms with Crippen molar-refractivity contribution in [2.75, 3.05) is 6.61 Å². The lowest BCUT2D eigenvalue weighted by Crippen LogP contribution is -2.66. The van der Waals surface area contributed by atoms with Gasteiger partial charge in [-0.25, -0.2) is 4.98 Å². The highest BCUT2D eigenvalue weighted by Gasteiger charge is 2.49. The van der Waals surface area contributed by atoms with Crippen LogP contribution in [0.5, 0.6) is 0 Å². The van der Waals surface area contributed by atoms with Gasteiger partial charge in [-0.2, -0.15) is 0 Å². The number of aromatic nitrogens is 1. The molecule has 2 N–H and O–H groups in total. The Morgan fingerprint density at radius 1 is 0.935 bits per heavy atom. The molecule has 0 amide bonds. The van der Waals surface area contributed by atoms with Crippen molar-refractivity contribution in [1.29, 1.82) is 0 Å². The minimum absolute atomic E-state index is 0.0299. The number of hydrogen-bond donors (Lipinski definition) is 1. The van der Waals surface area contributed by atoms with Gasteiger partial charge in [0.1, 0.15) is 0 Å². The third-order valence-electron chi connectivity index (χ3n) is 5.90. The number of rotatable bonds is 10. The maximum absolute atomic E-state index is 6.96. The SMILES string of the molecule is Cc1ncc(C(N)CCCCCO[Si](c2ccccc2)(c2ccccc2)C(C)(C)C)s1. The Kier molecular flexibility index (Phi) is 8.22. The standard InChI is InChI=1S/C26H36N2OSSi/c1-21-28-20-25(30-21)24(27)18-12-7-13-19-29-31(26(2,3)4,22-14-8-5-9-15-22)23-16-10-6-11-17-23/h5-6,8-11,14-17,20,24H,7,12-13,18-19,27H2,1-4H3. The van der Waals surface area contributed by atoms with E-state index in [2.05, 4.69) is 86.4 Å². The van der Waals surface area contributed by atoms with Crippen LogP contribution in [0, 0.1) is 6.92 Å². The second-order valence-corrected chi connectivity index (χ2v) is 14.8. The lowest BCUT2D eigenvalue weighted by Gasteiger charge is -2.43. The van der Waals surface area contributed by atoms with Gasteiger partial charge in [-0.3, -0.25) is 0 Å². The molecule has 0 radical (unpaired) electrons. The summed E-state index contributed by atoms with van der Waals surface area (Å²) in [6.45, 7) is 9.80. The number of benzene rings is 2. The molecule has 0 aliphatic rings. The molecule has 0 aliphatic heterocycles. The third-order valence-corrected chi connectivity index (χ3v) is 12.0. The quantitative estimate of drug-likeness (QED) is 0.322. The topological polar surface area (TPSA) is 48.1 Å². The molecule has 5 heteroatoms. The summed E-state index contributed by atoms with van der Waals surface area (Å²) in [4.78, 5) is 5.52. The van der Waals surface area contributed by atoms with E-state index in [0.29, 0.717) is 0 Å². The average molecular weight is 453 g/mol. The molecule has 0 aliphatic carbocycles. The van der Waals surface area contributed by atoms with E-state index >= 15 is 0 Å². The van der Waals surface area contributed by atoms with Crippen molar-refractivity contribution in [2.45, 2.75) is 64.5 Å². The Labute approximate surface area is 192 Å². The predicted molar refractivity (Wildman–Crippen MR) is 136 cm³/mol. The van der Waals surface area contributed by atoms with Gasteiger partial charge in [-0.05, 0) is 35.2 Å². The van der Waals surface area contributed by atoms with Crippen LogP contribution in [0.15, 0.2) is 66.9 Å². The van der Waals surface area contributed by atoms with Crippen molar-refractivity contribution >= 4 is 30.0 Å². The molecule has 1 heterocycles. The first-order valence-corrected chi connectivity index (χ1v) is 14.0. The largest absolute Gasteiger partial charge is 0.407 e. The summed E-state index contributed by atoms with van der Waals surface area (Å²) in [6.07, 6.45) is 6.22. The van der Waals surface area contributed by atoms with Gasteiger partial charge in [0.15, 0.2) is 0 Å². The molecule has 0 saturated carbocycles. The smallest absolute Gasteiger partial charge is 0.261 e. The molecule has 1 aromatic heterocycles. The first-order chi connectivity index (χ1) is 14.8. The van der Waals surface area contributed by atoms with Crippen LogP contribution in [0.25, 0.3) is 0 Å². The molecule has 2 aromatic carbocycles. The zero-order chi connectivity index (χ0) is 22.3. The second kappa shape index (κ2) is 10.7. The van der Waals surface area contributed by atoms with Crippen LogP contribution in [-0.4, -0.2) is 19.9 Å². The lowest BCUT2D eigenvalue weighted by atomic mass is 10.1. The zero-order valence-electron chi connectivity index (χ0n) is 19.3. The van der Waals surface area contributed by atoms with Crippen LogP contribution in [0.1, 0.15) is 62.4 Å². The Hall–Kier alpha value is -1.79. The van der Waals surface area contributed by atoms with Crippen molar-refractivity contribution in [3.05, 3.63) is 76.7 Å². The molecule has 0 fully saturated rings. The predicted octanol–water partition coefficient (Wildman–Crippen LogP) is 5.59. The Balaban J connectivity index is 1.66. The summed E-state index contributed by atoms with van der Waals surface area (Å²) < 4.78 is 6.96. The van der Waals surface area contributed by atoms with Gasteiger partial charge in [-0.15, -0.1) is 11.3 Å². The molecule has 0 saturated heterocycles. The van der Waals surface area contributed by atoms with Crippen LogP contribution in [0.4, 0.5) is 0 Å². The van der Waals surface area contributed by atoms with Gasteiger partial charge in [0.05, 0.1) is 5.01 Å². The Bertz CT molecular complexity index is 882. The molecule has 3 nitrogen and oxygen atoms in total. The minimum Gasteiger partial charge on any atom is -0.407 e. The molecule has 3 aromatic rings. The normalized spacial score (nSPS) is 13.3. The number of nitrogens with two attached hydrogens (primary N) is 1. The maximum atomic E-state index is 6.96. The number of hydrogen-bond acceptors (Lipinski definition) is 4. The van der Waals surface area contributed by atoms with E-state index in [1.54, 1.807) is 11.3 Å². The first-order valence-electron chi connectivity index (χ1n) is 11.3. The van der Waals surface area contributed by atoms with Crippen LogP contribution in [-0.2, 0) is 4.43 Å². The summed E-state index contributed by atoms with van der Waals surface area (Å²) in [7, 11) is -2.41. The summed E-state index contributed by atoms with van der Waals surface area (Å²) in [5.74, 6) is 0. The van der Waals surface area contributed by atoms with Crippen molar-refractivity contribution in [1.82, 2.24) is 4.98 Å². The fourth-order valence-electron chi connectivity index (χ4n) is 4.32. The molecule has 0 bridgehead atoms. The molecular formula is C26H36N2OSSi. The number of unbranched alkanes of at least 4 members (excludes halogenated alkanes) is 2. The van der Waals surface area contributed by atoms with Gasteiger partial charge in [0.2, 0.25) is 0 Å². The van der Waals surface area contributed by atoms with Crippen molar-refractivity contribution in [3.63, 3.8) is 0 Å². The van der Waals surface area contributed by atoms with Gasteiger partial charge in [0.25, 0.3) is 8.32 Å². The summed E-state index contributed by atoms with van der Waals surface area (Å²) in [6, 6.07) is 21.8. The zero-order valence-corrected chi connectivity index (χ0v) is 21.1. The van der Waals surface area contributed by atoms with E-state index in [4.69, 9.17) is 10.2 Å². The van der Waals surface area contributed by atoms with Crippen LogP contribution >= 0.6 is 11.3 Å². The fourth-order valence-corrected chi connectivity index (χ4v) is 9.75. The van der Waals surface area contributed by atoms with Crippen LogP contribution in [0.2, 0.25) is 5.04 Å². The summed E-state index contributed by atoms with van der Waals surface area (Å²) in [5.41, 5.74) is 6.35. The Morgan fingerprint density at radius 2 is 1.52 bits per heavy atom. The van der Waals surface area contributed by atoms with E-state index in [0.717, 1.165) is 37.3 Å². The highest BCUT2D eigenvalue weighted by atomic mass is 32.1. The molecule has 0 spiro atoms. The summed E-state index contributed by atoms with van der Waals surface area (Å²) in [5, 5.41) is 3.80. The number of aryl methyl sites for hydroxylation is 1. The minimum atomic E-state index is -2.41. The van der Waals surface area contributed by atoms with Gasteiger partial charge in [-0.1, -0.05) is 94.3 Å². The monoisotopic (exact) mass is 452 g/mol. The van der Waals surface area contributed by atoms with Crippen molar-refractivity contribution in [2.24, 2.45) is 5.73 Å². The van der Waals surface area contributed by atoms with E-state index in [-0.39, 0.29) is 11.1 Å². The van der Waals surface area contributed by atoms with Gasteiger partial charge < -0.3 is 10.2 Å². The van der Waals surface area contributed by atoms with Crippen molar-refractivity contribution < 1.29 is 4.43 Å². The van der Waals surface area contributed by atoms with E-state index < -0.39 is 8.32 Å². The van der Waals surface area contributed by atoms with Crippen molar-refractivity contribution in [3.8, 4) is 0 Å². The fraction of sp³-hybridized carbons (Fsp3) is 0.423. The van der Waals surface area contributed by atoms with E-state index in [1.165, 1.54) is 15.3 Å². The number of nitrogens with zero attached hydrogens (tertiary/aromatic N) is 1. The highest BCUT2D eigenvalue weighted by molar-refractivity contribution is 7.11. The van der Waals surface area contributed by atoms with Gasteiger partial charge in [0, 0.05) is 23.7 Å². The highest BCUT2D eigenvalue weighted by Crippen LogP contribution is 2.36. The van der Waals surface area contributed by atoms with Gasteiger partial charge >= 0.3 is 0 Å². The molecule has 1 unspecified atom stereocenters. The Morgan fingerprint density at radius 3 is 2.00 bits per heavy atom. The average Bonchev–Trinajstić information content (AvgIpc) is 3.20. The number of thiazole rings is 1. The molecule has 31 heavy (non-hydrogen) atoms. The molecule has 1 atom stereocenters. The van der Waals surface area contributed by atoms with Crippen LogP contribution < -0.4 is 16.1 Å².